The molecule has 0 rings (SSSR count). The van der Waals surface area contributed by atoms with Crippen molar-refractivity contribution < 1.29 is 51.5 Å². The Morgan fingerprint density at radius 3 is 0.882 bits per heavy atom. The molecule has 0 fully saturated rings. The van der Waals surface area contributed by atoms with Crippen LogP contribution in [0.25, 0.3) is 0 Å². The van der Waals surface area contributed by atoms with Gasteiger partial charge in [-0.1, -0.05) is 0 Å². The molecule has 0 aromatic heterocycles. The van der Waals surface area contributed by atoms with Crippen molar-refractivity contribution in [1.82, 2.24) is 0 Å². The van der Waals surface area contributed by atoms with Crippen LogP contribution in [0.5, 0.6) is 0 Å². The average molecular weight is 363 g/mol. The summed E-state index contributed by atoms with van der Waals surface area (Å²) >= 11 is -4.93. The molecule has 0 amide bonds. The Labute approximate surface area is 103 Å². The summed E-state index contributed by atoms with van der Waals surface area (Å²) in [5.41, 5.74) is 0. The molecule has 17 heavy (non-hydrogen) atoms. The standard InChI is InChI=1S/C8H12IO8/c1-5(10)14-9(15-6(2)11,16-7(3)12)17-8(4)13/h1-4H3/q-1. The molecule has 0 aromatic rings. The molecule has 0 aliphatic rings. The fourth-order valence-electron chi connectivity index (χ4n) is 0.627. The summed E-state index contributed by atoms with van der Waals surface area (Å²) in [5, 5.41) is 0. The molecular formula is C8H12IO8-. The van der Waals surface area contributed by atoms with Gasteiger partial charge in [-0.2, -0.15) is 0 Å². The summed E-state index contributed by atoms with van der Waals surface area (Å²) in [6, 6.07) is 0. The van der Waals surface area contributed by atoms with E-state index in [1.807, 2.05) is 0 Å². The fraction of sp³-hybridized carbons (Fsp3) is 0.500. The van der Waals surface area contributed by atoms with Crippen molar-refractivity contribution in [3.8, 4) is 0 Å². The van der Waals surface area contributed by atoms with E-state index in [1.54, 1.807) is 0 Å². The predicted molar refractivity (Wildman–Crippen MR) is 47.1 cm³/mol. The van der Waals surface area contributed by atoms with Gasteiger partial charge in [0.1, 0.15) is 0 Å². The van der Waals surface area contributed by atoms with Gasteiger partial charge in [0.05, 0.1) is 0 Å². The quantitative estimate of drug-likeness (QED) is 0.489. The Bertz CT molecular complexity index is 280. The van der Waals surface area contributed by atoms with Crippen molar-refractivity contribution in [1.29, 1.82) is 0 Å². The van der Waals surface area contributed by atoms with Crippen LogP contribution in [0.3, 0.4) is 0 Å². The first-order valence-corrected chi connectivity index (χ1v) is 7.77. The molecule has 9 heteroatoms. The van der Waals surface area contributed by atoms with Gasteiger partial charge in [0.2, 0.25) is 0 Å². The van der Waals surface area contributed by atoms with E-state index in [0.717, 1.165) is 27.7 Å². The van der Waals surface area contributed by atoms with E-state index in [9.17, 15) is 19.2 Å². The third-order valence-corrected chi connectivity index (χ3v) is 5.45. The van der Waals surface area contributed by atoms with Gasteiger partial charge in [-0.25, -0.2) is 0 Å². The molecule has 0 radical (unpaired) electrons. The Morgan fingerprint density at radius 2 is 0.765 bits per heavy atom. The van der Waals surface area contributed by atoms with Gasteiger partial charge < -0.3 is 0 Å². The molecular weight excluding hydrogens is 351 g/mol. The van der Waals surface area contributed by atoms with Crippen LogP contribution in [0.15, 0.2) is 0 Å². The average Bonchev–Trinajstić information content (AvgIpc) is 1.95. The normalized spacial score (nSPS) is 11.1. The van der Waals surface area contributed by atoms with Crippen LogP contribution in [0.1, 0.15) is 27.7 Å². The van der Waals surface area contributed by atoms with Crippen molar-refractivity contribution >= 4 is 23.9 Å². The first kappa shape index (κ1) is 15.6. The van der Waals surface area contributed by atoms with Crippen LogP contribution in [0, 0.1) is 0 Å². The molecule has 0 saturated heterocycles. The monoisotopic (exact) mass is 363 g/mol. The molecule has 0 aliphatic carbocycles. The Hall–Kier alpha value is -1.39. The third kappa shape index (κ3) is 6.71. The minimum absolute atomic E-state index is 0.898. The van der Waals surface area contributed by atoms with E-state index in [-0.39, 0.29) is 0 Å². The molecule has 0 atom stereocenters. The second kappa shape index (κ2) is 6.37. The summed E-state index contributed by atoms with van der Waals surface area (Å²) in [6.07, 6.45) is 0. The zero-order valence-corrected chi connectivity index (χ0v) is 11.8. The van der Waals surface area contributed by atoms with Crippen LogP contribution >= 0.6 is 0 Å². The molecule has 0 aliphatic heterocycles. The second-order valence-corrected chi connectivity index (χ2v) is 6.57. The minimum atomic E-state index is -4.93. The third-order valence-electron chi connectivity index (χ3n) is 0.813. The first-order valence-electron chi connectivity index (χ1n) is 4.25. The predicted octanol–water partition coefficient (Wildman–Crippen LogP) is -2.94. The van der Waals surface area contributed by atoms with Crippen molar-refractivity contribution in [2.45, 2.75) is 27.7 Å². The molecule has 0 aromatic carbocycles. The number of carbonyl (C=O) groups is 4. The summed E-state index contributed by atoms with van der Waals surface area (Å²) in [7, 11) is 0. The van der Waals surface area contributed by atoms with E-state index in [1.165, 1.54) is 0 Å². The van der Waals surface area contributed by atoms with E-state index in [0.29, 0.717) is 0 Å². The zero-order valence-electron chi connectivity index (χ0n) is 9.64. The summed E-state index contributed by atoms with van der Waals surface area (Å²) < 4.78 is 18.3. The summed E-state index contributed by atoms with van der Waals surface area (Å²) in [6.45, 7) is 3.98. The van der Waals surface area contributed by atoms with Gasteiger partial charge in [0.25, 0.3) is 0 Å². The maximum absolute atomic E-state index is 10.9. The van der Waals surface area contributed by atoms with Crippen LogP contribution in [-0.2, 0) is 31.4 Å². The fourth-order valence-corrected chi connectivity index (χ4v) is 4.20. The van der Waals surface area contributed by atoms with Crippen molar-refractivity contribution in [2.75, 3.05) is 0 Å². The van der Waals surface area contributed by atoms with E-state index in [4.69, 9.17) is 0 Å². The van der Waals surface area contributed by atoms with Crippen LogP contribution in [0.4, 0.5) is 0 Å². The zero-order chi connectivity index (χ0) is 13.6. The molecule has 0 N–H and O–H groups in total. The topological polar surface area (TPSA) is 105 Å². The van der Waals surface area contributed by atoms with E-state index in [2.05, 4.69) is 12.3 Å². The number of hydrogen-bond donors (Lipinski definition) is 0. The van der Waals surface area contributed by atoms with Crippen molar-refractivity contribution in [3.63, 3.8) is 0 Å². The number of rotatable bonds is 4. The van der Waals surface area contributed by atoms with Gasteiger partial charge in [0, 0.05) is 0 Å². The number of hydrogen-bond acceptors (Lipinski definition) is 8. The summed E-state index contributed by atoms with van der Waals surface area (Å²) in [5.74, 6) is -3.59. The molecule has 8 nitrogen and oxygen atoms in total. The Morgan fingerprint density at radius 1 is 0.588 bits per heavy atom. The summed E-state index contributed by atoms with van der Waals surface area (Å²) in [4.78, 5) is 43.4. The van der Waals surface area contributed by atoms with Gasteiger partial charge in [-0.15, -0.1) is 0 Å². The first-order chi connectivity index (χ1) is 7.67. The molecule has 0 spiro atoms. The van der Waals surface area contributed by atoms with Crippen LogP contribution in [-0.4, -0.2) is 23.9 Å². The van der Waals surface area contributed by atoms with Gasteiger partial charge in [0.15, 0.2) is 0 Å². The van der Waals surface area contributed by atoms with E-state index < -0.39 is 44.0 Å². The van der Waals surface area contributed by atoms with Crippen molar-refractivity contribution in [2.24, 2.45) is 0 Å². The van der Waals surface area contributed by atoms with Crippen molar-refractivity contribution in [3.05, 3.63) is 0 Å². The molecule has 0 bridgehead atoms. The molecule has 0 heterocycles. The number of halogens is 1. The number of carbonyl (C=O) groups excluding carboxylic acids is 4. The van der Waals surface area contributed by atoms with Crippen LogP contribution in [0.2, 0.25) is 0 Å². The Balaban J connectivity index is 5.16. The van der Waals surface area contributed by atoms with Gasteiger partial charge in [-0.05, 0) is 0 Å². The maximum atomic E-state index is 10.9. The SMILES string of the molecule is CC(=O)O[I-](OC(C)=O)(OC(C)=O)OC(C)=O. The molecule has 100 valence electrons. The van der Waals surface area contributed by atoms with Gasteiger partial charge >= 0.3 is 103 Å². The van der Waals surface area contributed by atoms with Gasteiger partial charge in [-0.3, -0.25) is 0 Å². The van der Waals surface area contributed by atoms with E-state index >= 15 is 0 Å². The molecule has 0 saturated carbocycles. The second-order valence-electron chi connectivity index (χ2n) is 2.65. The Kier molecular flexibility index (Phi) is 5.85. The molecule has 0 unspecified atom stereocenters. The van der Waals surface area contributed by atoms with Crippen LogP contribution < -0.4 is 20.1 Å².